The average molecular weight is 219 g/mol. The van der Waals surface area contributed by atoms with Crippen molar-refractivity contribution in [2.75, 3.05) is 7.11 Å². The maximum Gasteiger partial charge on any atom is 0.214 e. The molecule has 86 valence electrons. The highest BCUT2D eigenvalue weighted by Crippen LogP contribution is 2.10. The summed E-state index contributed by atoms with van der Waals surface area (Å²) in [5.74, 6) is 1.35. The monoisotopic (exact) mass is 219 g/mol. The van der Waals surface area contributed by atoms with Crippen LogP contribution in [0.2, 0.25) is 0 Å². The van der Waals surface area contributed by atoms with E-state index in [2.05, 4.69) is 10.1 Å². The predicted octanol–water partition coefficient (Wildman–Crippen LogP) is 2.61. The molecule has 0 atom stereocenters. The number of hydrogen-bond acceptors (Lipinski definition) is 3. The molecule has 0 bridgehead atoms. The molecule has 16 heavy (non-hydrogen) atoms. The Labute approximate surface area is 95.9 Å². The number of pyridine rings is 1. The zero-order chi connectivity index (χ0) is 12.0. The summed E-state index contributed by atoms with van der Waals surface area (Å²) < 4.78 is 6.75. The Morgan fingerprint density at radius 1 is 1.25 bits per heavy atom. The molecule has 0 aliphatic heterocycles. The van der Waals surface area contributed by atoms with Crippen molar-refractivity contribution < 1.29 is 4.74 Å². The van der Waals surface area contributed by atoms with E-state index < -0.39 is 0 Å². The van der Waals surface area contributed by atoms with Crippen LogP contribution in [-0.4, -0.2) is 21.9 Å². The van der Waals surface area contributed by atoms with Crippen molar-refractivity contribution in [3.63, 3.8) is 0 Å². The molecule has 0 saturated carbocycles. The molecule has 4 heteroatoms. The number of hydrogen-bond donors (Lipinski definition) is 0. The van der Waals surface area contributed by atoms with Gasteiger partial charge in [0, 0.05) is 12.3 Å². The average Bonchev–Trinajstić information content (AvgIpc) is 2.79. The first-order chi connectivity index (χ1) is 7.79. The van der Waals surface area contributed by atoms with Crippen molar-refractivity contribution in [1.82, 2.24) is 14.8 Å². The SMILES string of the molecule is CC.COc1cccc(-n2cc(C)cn2)n1. The lowest BCUT2D eigenvalue weighted by atomic mass is 10.4. The van der Waals surface area contributed by atoms with Crippen molar-refractivity contribution in [3.8, 4) is 11.7 Å². The Morgan fingerprint density at radius 3 is 2.56 bits per heavy atom. The van der Waals surface area contributed by atoms with Crippen LogP contribution in [0.3, 0.4) is 0 Å². The topological polar surface area (TPSA) is 39.9 Å². The summed E-state index contributed by atoms with van der Waals surface area (Å²) in [6, 6.07) is 5.58. The minimum absolute atomic E-state index is 0.593. The number of aryl methyl sites for hydroxylation is 1. The Balaban J connectivity index is 0.000000606. The van der Waals surface area contributed by atoms with Gasteiger partial charge in [0.25, 0.3) is 0 Å². The smallest absolute Gasteiger partial charge is 0.214 e. The van der Waals surface area contributed by atoms with Crippen molar-refractivity contribution in [3.05, 3.63) is 36.2 Å². The highest BCUT2D eigenvalue weighted by atomic mass is 16.5. The molecule has 2 aromatic heterocycles. The molecule has 0 fully saturated rings. The van der Waals surface area contributed by atoms with Gasteiger partial charge in [0.1, 0.15) is 0 Å². The van der Waals surface area contributed by atoms with Gasteiger partial charge in [-0.2, -0.15) is 10.1 Å². The fraction of sp³-hybridized carbons (Fsp3) is 0.333. The molecule has 0 spiro atoms. The maximum absolute atomic E-state index is 5.03. The fourth-order valence-corrected chi connectivity index (χ4v) is 1.18. The van der Waals surface area contributed by atoms with E-state index in [-0.39, 0.29) is 0 Å². The summed E-state index contributed by atoms with van der Waals surface area (Å²) >= 11 is 0. The summed E-state index contributed by atoms with van der Waals surface area (Å²) in [5, 5.41) is 4.16. The number of aromatic nitrogens is 3. The first-order valence-corrected chi connectivity index (χ1v) is 5.32. The van der Waals surface area contributed by atoms with Gasteiger partial charge in [-0.25, -0.2) is 4.68 Å². The van der Waals surface area contributed by atoms with Gasteiger partial charge >= 0.3 is 0 Å². The zero-order valence-electron chi connectivity index (χ0n) is 10.1. The van der Waals surface area contributed by atoms with Gasteiger partial charge < -0.3 is 4.74 Å². The van der Waals surface area contributed by atoms with Crippen molar-refractivity contribution in [2.24, 2.45) is 0 Å². The molecule has 0 unspecified atom stereocenters. The van der Waals surface area contributed by atoms with Crippen LogP contribution in [-0.2, 0) is 0 Å². The third-order valence-electron chi connectivity index (χ3n) is 1.86. The van der Waals surface area contributed by atoms with E-state index in [1.807, 2.05) is 39.1 Å². The Hall–Kier alpha value is -1.84. The minimum atomic E-state index is 0.593. The van der Waals surface area contributed by atoms with Gasteiger partial charge in [-0.15, -0.1) is 0 Å². The van der Waals surface area contributed by atoms with E-state index >= 15 is 0 Å². The summed E-state index contributed by atoms with van der Waals surface area (Å²) in [6.45, 7) is 5.99. The zero-order valence-corrected chi connectivity index (χ0v) is 10.1. The van der Waals surface area contributed by atoms with E-state index in [1.165, 1.54) is 0 Å². The third kappa shape index (κ3) is 2.82. The summed E-state index contributed by atoms with van der Waals surface area (Å²) in [7, 11) is 1.60. The van der Waals surface area contributed by atoms with Gasteiger partial charge in [-0.3, -0.25) is 0 Å². The van der Waals surface area contributed by atoms with E-state index in [0.717, 1.165) is 11.4 Å². The molecule has 2 aromatic rings. The second-order valence-electron chi connectivity index (χ2n) is 3.00. The van der Waals surface area contributed by atoms with E-state index in [0.29, 0.717) is 5.88 Å². The van der Waals surface area contributed by atoms with Crippen molar-refractivity contribution in [1.29, 1.82) is 0 Å². The molecular weight excluding hydrogens is 202 g/mol. The molecule has 0 aliphatic rings. The van der Waals surface area contributed by atoms with Crippen LogP contribution in [0.25, 0.3) is 5.82 Å². The Bertz CT molecular complexity index is 437. The summed E-state index contributed by atoms with van der Waals surface area (Å²) in [5.41, 5.74) is 1.11. The second kappa shape index (κ2) is 5.90. The number of nitrogens with zero attached hydrogens (tertiary/aromatic N) is 3. The maximum atomic E-state index is 5.03. The van der Waals surface area contributed by atoms with Crippen LogP contribution in [0.4, 0.5) is 0 Å². The van der Waals surface area contributed by atoms with Gasteiger partial charge in [0.15, 0.2) is 5.82 Å². The van der Waals surface area contributed by atoms with Crippen LogP contribution < -0.4 is 4.74 Å². The lowest BCUT2D eigenvalue weighted by Crippen LogP contribution is -1.98. The highest BCUT2D eigenvalue weighted by molar-refractivity contribution is 5.27. The van der Waals surface area contributed by atoms with Gasteiger partial charge in [-0.1, -0.05) is 19.9 Å². The van der Waals surface area contributed by atoms with E-state index in [1.54, 1.807) is 24.1 Å². The molecule has 2 heterocycles. The van der Waals surface area contributed by atoms with Gasteiger partial charge in [0.2, 0.25) is 5.88 Å². The van der Waals surface area contributed by atoms with Gasteiger partial charge in [-0.05, 0) is 18.6 Å². The quantitative estimate of drug-likeness (QED) is 0.779. The summed E-state index contributed by atoms with van der Waals surface area (Å²) in [4.78, 5) is 4.25. The molecule has 2 rings (SSSR count). The molecule has 0 aromatic carbocycles. The molecule has 0 amide bonds. The van der Waals surface area contributed by atoms with E-state index in [4.69, 9.17) is 4.74 Å². The third-order valence-corrected chi connectivity index (χ3v) is 1.86. The van der Waals surface area contributed by atoms with E-state index in [9.17, 15) is 0 Å². The molecule has 4 nitrogen and oxygen atoms in total. The Kier molecular flexibility index (Phi) is 4.51. The van der Waals surface area contributed by atoms with Crippen molar-refractivity contribution >= 4 is 0 Å². The molecular formula is C12H17N3O. The first kappa shape index (κ1) is 12.2. The van der Waals surface area contributed by atoms with Crippen LogP contribution in [0.5, 0.6) is 5.88 Å². The lowest BCUT2D eigenvalue weighted by Gasteiger charge is -2.02. The lowest BCUT2D eigenvalue weighted by molar-refractivity contribution is 0.397. The van der Waals surface area contributed by atoms with Crippen LogP contribution in [0.1, 0.15) is 19.4 Å². The Morgan fingerprint density at radius 2 is 2.00 bits per heavy atom. The first-order valence-electron chi connectivity index (χ1n) is 5.32. The van der Waals surface area contributed by atoms with Crippen LogP contribution in [0.15, 0.2) is 30.6 Å². The second-order valence-corrected chi connectivity index (χ2v) is 3.00. The predicted molar refractivity (Wildman–Crippen MR) is 64.0 cm³/mol. The van der Waals surface area contributed by atoms with Crippen molar-refractivity contribution in [2.45, 2.75) is 20.8 Å². The molecule has 0 aliphatic carbocycles. The number of rotatable bonds is 2. The summed E-state index contributed by atoms with van der Waals surface area (Å²) in [6.07, 6.45) is 3.71. The minimum Gasteiger partial charge on any atom is -0.481 e. The number of methoxy groups -OCH3 is 1. The standard InChI is InChI=1S/C10H11N3O.C2H6/c1-8-6-11-13(7-8)9-4-3-5-10(12-9)14-2;1-2/h3-7H,1-2H3;1-2H3. The molecule has 0 radical (unpaired) electrons. The van der Waals surface area contributed by atoms with Gasteiger partial charge in [0.05, 0.1) is 13.3 Å². The molecule has 0 N–H and O–H groups in total. The fourth-order valence-electron chi connectivity index (χ4n) is 1.18. The van der Waals surface area contributed by atoms with Crippen LogP contribution >= 0.6 is 0 Å². The number of ether oxygens (including phenoxy) is 1. The normalized spacial score (nSPS) is 9.25. The molecule has 0 saturated heterocycles. The largest absolute Gasteiger partial charge is 0.481 e. The van der Waals surface area contributed by atoms with Crippen LogP contribution in [0, 0.1) is 6.92 Å². The highest BCUT2D eigenvalue weighted by Gasteiger charge is 2.00.